The van der Waals surface area contributed by atoms with E-state index in [1.807, 2.05) is 0 Å². The van der Waals surface area contributed by atoms with Crippen molar-refractivity contribution in [2.24, 2.45) is 5.92 Å². The zero-order chi connectivity index (χ0) is 9.02. The molecule has 1 atom stereocenters. The molecular weight excluding hydrogens is 134 g/mol. The van der Waals surface area contributed by atoms with Gasteiger partial charge in [0.05, 0.1) is 0 Å². The first-order valence-electron chi connectivity index (χ1n) is 4.57. The topological polar surface area (TPSA) is 3.01 Å². The van der Waals surface area contributed by atoms with Gasteiger partial charge in [0.15, 0.2) is 6.04 Å². The van der Waals surface area contributed by atoms with Gasteiger partial charge in [-0.05, 0) is 13.8 Å². The van der Waals surface area contributed by atoms with Gasteiger partial charge in [0, 0.05) is 19.8 Å². The normalized spacial score (nSPS) is 13.4. The predicted molar refractivity (Wildman–Crippen MR) is 51.5 cm³/mol. The maximum Gasteiger partial charge on any atom is 0.152 e. The summed E-state index contributed by atoms with van der Waals surface area (Å²) in [4.78, 5) is 0. The van der Waals surface area contributed by atoms with Crippen molar-refractivity contribution in [1.29, 1.82) is 0 Å². The maximum absolute atomic E-state index is 2.45. The lowest BCUT2D eigenvalue weighted by atomic mass is 10.1. The number of nitrogens with zero attached hydrogens (tertiary/aromatic N) is 1. The molecule has 1 unspecified atom stereocenters. The molecule has 0 aromatic carbocycles. The van der Waals surface area contributed by atoms with Crippen molar-refractivity contribution in [3.05, 3.63) is 0 Å². The fourth-order valence-corrected chi connectivity index (χ4v) is 1.37. The average Bonchev–Trinajstić information content (AvgIpc) is 1.88. The van der Waals surface area contributed by atoms with Gasteiger partial charge in [-0.3, -0.25) is 0 Å². The molecule has 0 bridgehead atoms. The highest BCUT2D eigenvalue weighted by molar-refractivity contribution is 5.73. The molecule has 0 rings (SSSR count). The van der Waals surface area contributed by atoms with Gasteiger partial charge in [-0.1, -0.05) is 13.8 Å². The third-order valence-corrected chi connectivity index (χ3v) is 2.37. The molecule has 0 radical (unpaired) electrons. The van der Waals surface area contributed by atoms with E-state index in [0.717, 1.165) is 12.5 Å². The minimum absolute atomic E-state index is 0.671. The quantitative estimate of drug-likeness (QED) is 0.436. The van der Waals surface area contributed by atoms with Crippen LogP contribution in [0.5, 0.6) is 0 Å². The second-order valence-corrected chi connectivity index (χ2v) is 3.72. The molecule has 0 aliphatic heterocycles. The Bertz CT molecular complexity index is 141. The van der Waals surface area contributed by atoms with Crippen molar-refractivity contribution in [3.8, 4) is 0 Å². The summed E-state index contributed by atoms with van der Waals surface area (Å²) in [5.74, 6) is 0.741. The fourth-order valence-electron chi connectivity index (χ4n) is 1.37. The third-order valence-electron chi connectivity index (χ3n) is 2.37. The molecule has 0 aromatic rings. The van der Waals surface area contributed by atoms with E-state index in [1.54, 1.807) is 0 Å². The molecule has 0 N–H and O–H groups in total. The van der Waals surface area contributed by atoms with E-state index in [2.05, 4.69) is 46.1 Å². The van der Waals surface area contributed by atoms with Crippen LogP contribution in [0.1, 0.15) is 41.5 Å². The van der Waals surface area contributed by atoms with Gasteiger partial charge in [0.2, 0.25) is 0 Å². The molecule has 0 amide bonds. The van der Waals surface area contributed by atoms with Gasteiger partial charge in [-0.2, -0.15) is 0 Å². The van der Waals surface area contributed by atoms with Crippen molar-refractivity contribution >= 4 is 5.71 Å². The Morgan fingerprint density at radius 1 is 1.18 bits per heavy atom. The summed E-state index contributed by atoms with van der Waals surface area (Å²) < 4.78 is 2.45. The molecule has 0 aliphatic carbocycles. The lowest BCUT2D eigenvalue weighted by Crippen LogP contribution is -2.31. The summed E-state index contributed by atoms with van der Waals surface area (Å²) in [5.41, 5.74) is 1.42. The number of hydrogen-bond acceptors (Lipinski definition) is 0. The molecule has 0 heterocycles. The lowest BCUT2D eigenvalue weighted by Gasteiger charge is -2.15. The van der Waals surface area contributed by atoms with Crippen molar-refractivity contribution in [1.82, 2.24) is 0 Å². The Kier molecular flexibility index (Phi) is 4.39. The first-order valence-corrected chi connectivity index (χ1v) is 4.57. The molecular formula is C10H22N+. The van der Waals surface area contributed by atoms with E-state index < -0.39 is 0 Å². The lowest BCUT2D eigenvalue weighted by molar-refractivity contribution is -0.567. The van der Waals surface area contributed by atoms with Crippen LogP contribution in [0.25, 0.3) is 0 Å². The highest BCUT2D eigenvalue weighted by Gasteiger charge is 2.18. The molecule has 0 saturated carbocycles. The van der Waals surface area contributed by atoms with Crippen LogP contribution in [0.3, 0.4) is 0 Å². The summed E-state index contributed by atoms with van der Waals surface area (Å²) in [7, 11) is 0. The fraction of sp³-hybridized carbons (Fsp3) is 0.900. The van der Waals surface area contributed by atoms with E-state index in [0.29, 0.717) is 6.04 Å². The van der Waals surface area contributed by atoms with E-state index in [-0.39, 0.29) is 0 Å². The monoisotopic (exact) mass is 156 g/mol. The summed E-state index contributed by atoms with van der Waals surface area (Å²) >= 11 is 0. The van der Waals surface area contributed by atoms with Gasteiger partial charge >= 0.3 is 0 Å². The minimum Gasteiger partial charge on any atom is -0.235 e. The van der Waals surface area contributed by atoms with Crippen molar-refractivity contribution in [2.75, 3.05) is 6.54 Å². The third kappa shape index (κ3) is 3.04. The van der Waals surface area contributed by atoms with E-state index >= 15 is 0 Å². The summed E-state index contributed by atoms with van der Waals surface area (Å²) in [6.07, 6.45) is 0. The SMILES string of the molecule is CC[N+](=C(C)C)C(C)C(C)C. The number of hydrogen-bond donors (Lipinski definition) is 0. The molecule has 1 nitrogen and oxygen atoms in total. The van der Waals surface area contributed by atoms with Gasteiger partial charge < -0.3 is 0 Å². The molecule has 66 valence electrons. The molecule has 1 heteroatoms. The van der Waals surface area contributed by atoms with E-state index in [4.69, 9.17) is 0 Å². The van der Waals surface area contributed by atoms with E-state index in [9.17, 15) is 0 Å². The Hall–Kier alpha value is -0.330. The summed E-state index contributed by atoms with van der Waals surface area (Å²) in [6, 6.07) is 0.671. The molecule has 0 saturated heterocycles. The summed E-state index contributed by atoms with van der Waals surface area (Å²) in [5, 5.41) is 0. The molecule has 11 heavy (non-hydrogen) atoms. The largest absolute Gasteiger partial charge is 0.235 e. The molecule has 0 aliphatic rings. The predicted octanol–water partition coefficient (Wildman–Crippen LogP) is 2.54. The van der Waals surface area contributed by atoms with Crippen LogP contribution >= 0.6 is 0 Å². The van der Waals surface area contributed by atoms with E-state index in [1.165, 1.54) is 5.71 Å². The first kappa shape index (κ1) is 10.7. The maximum atomic E-state index is 2.45. The van der Waals surface area contributed by atoms with Crippen LogP contribution in [0.4, 0.5) is 0 Å². The van der Waals surface area contributed by atoms with Gasteiger partial charge in [-0.25, -0.2) is 4.58 Å². The van der Waals surface area contributed by atoms with Crippen LogP contribution in [0.15, 0.2) is 0 Å². The second-order valence-electron chi connectivity index (χ2n) is 3.72. The summed E-state index contributed by atoms with van der Waals surface area (Å²) in [6.45, 7) is 14.5. The van der Waals surface area contributed by atoms with Crippen LogP contribution in [-0.2, 0) is 0 Å². The zero-order valence-electron chi connectivity index (χ0n) is 8.81. The average molecular weight is 156 g/mol. The standard InChI is InChI=1S/C10H22N/c1-7-11(9(4)5)10(6)8(2)3/h8,10H,7H2,1-6H3/q+1. The highest BCUT2D eigenvalue weighted by Crippen LogP contribution is 2.05. The van der Waals surface area contributed by atoms with Crippen LogP contribution in [0, 0.1) is 5.92 Å². The van der Waals surface area contributed by atoms with Crippen molar-refractivity contribution < 1.29 is 4.58 Å². The van der Waals surface area contributed by atoms with Crippen LogP contribution in [-0.4, -0.2) is 22.9 Å². The first-order chi connectivity index (χ1) is 5.00. The molecule has 0 spiro atoms. The van der Waals surface area contributed by atoms with Gasteiger partial charge in [0.1, 0.15) is 12.3 Å². The Labute approximate surface area is 71.1 Å². The van der Waals surface area contributed by atoms with Gasteiger partial charge in [-0.15, -0.1) is 0 Å². The van der Waals surface area contributed by atoms with Crippen molar-refractivity contribution in [3.63, 3.8) is 0 Å². The Morgan fingerprint density at radius 3 is 1.73 bits per heavy atom. The Morgan fingerprint density at radius 2 is 1.64 bits per heavy atom. The smallest absolute Gasteiger partial charge is 0.152 e. The van der Waals surface area contributed by atoms with Crippen molar-refractivity contribution in [2.45, 2.75) is 47.6 Å². The van der Waals surface area contributed by atoms with Crippen LogP contribution < -0.4 is 0 Å². The highest BCUT2D eigenvalue weighted by atomic mass is 15.0. The zero-order valence-corrected chi connectivity index (χ0v) is 8.81. The number of rotatable bonds is 3. The Balaban J connectivity index is 4.40. The molecule has 0 fully saturated rings. The second kappa shape index (κ2) is 4.53. The van der Waals surface area contributed by atoms with Crippen LogP contribution in [0.2, 0.25) is 0 Å². The molecule has 0 aromatic heterocycles. The van der Waals surface area contributed by atoms with Gasteiger partial charge in [0.25, 0.3) is 0 Å². The minimum atomic E-state index is 0.671.